The van der Waals surface area contributed by atoms with Gasteiger partial charge in [0.25, 0.3) is 0 Å². The maximum absolute atomic E-state index is 12.2. The van der Waals surface area contributed by atoms with Gasteiger partial charge in [0, 0.05) is 23.5 Å². The van der Waals surface area contributed by atoms with Crippen molar-refractivity contribution in [2.24, 2.45) is 11.7 Å². The number of likely N-dealkylation sites (tertiary alicyclic amines) is 1. The topological polar surface area (TPSA) is 55.6 Å². The van der Waals surface area contributed by atoms with E-state index < -0.39 is 5.60 Å². The first-order chi connectivity index (χ1) is 9.80. The minimum Gasteiger partial charge on any atom is -0.444 e. The lowest BCUT2D eigenvalue weighted by atomic mass is 9.89. The van der Waals surface area contributed by atoms with Crippen LogP contribution in [0.5, 0.6) is 0 Å². The van der Waals surface area contributed by atoms with Crippen molar-refractivity contribution in [3.63, 3.8) is 0 Å². The van der Waals surface area contributed by atoms with E-state index in [0.717, 1.165) is 4.47 Å². The first-order valence-corrected chi connectivity index (χ1v) is 8.03. The number of benzene rings is 1. The number of hydrogen-bond donors (Lipinski definition) is 1. The molecule has 2 atom stereocenters. The molecule has 1 aliphatic rings. The normalized spacial score (nSPS) is 22.4. The molecule has 0 bridgehead atoms. The van der Waals surface area contributed by atoms with Crippen LogP contribution in [0.25, 0.3) is 0 Å². The number of rotatable bonds is 2. The van der Waals surface area contributed by atoms with Gasteiger partial charge in [-0.2, -0.15) is 0 Å². The third-order valence-corrected chi connectivity index (χ3v) is 4.22. The molecule has 4 nitrogen and oxygen atoms in total. The van der Waals surface area contributed by atoms with Gasteiger partial charge in [-0.3, -0.25) is 0 Å². The first-order valence-electron chi connectivity index (χ1n) is 7.23. The van der Waals surface area contributed by atoms with E-state index in [4.69, 9.17) is 10.5 Å². The number of nitrogens with two attached hydrogens (primary N) is 1. The predicted octanol–water partition coefficient (Wildman–Crippen LogP) is 3.36. The molecule has 0 aliphatic carbocycles. The number of carbonyl (C=O) groups is 1. The molecule has 21 heavy (non-hydrogen) atoms. The Morgan fingerprint density at radius 3 is 2.48 bits per heavy atom. The molecule has 1 aliphatic heterocycles. The summed E-state index contributed by atoms with van der Waals surface area (Å²) in [5, 5.41) is 0. The maximum atomic E-state index is 12.2. The highest BCUT2D eigenvalue weighted by atomic mass is 79.9. The number of ether oxygens (including phenoxy) is 1. The van der Waals surface area contributed by atoms with Gasteiger partial charge in [-0.15, -0.1) is 0 Å². The van der Waals surface area contributed by atoms with Crippen LogP contribution in [0.1, 0.15) is 32.3 Å². The predicted molar refractivity (Wildman–Crippen MR) is 87.2 cm³/mol. The van der Waals surface area contributed by atoms with Crippen LogP contribution < -0.4 is 5.73 Å². The summed E-state index contributed by atoms with van der Waals surface area (Å²) in [6, 6.07) is 8.24. The smallest absolute Gasteiger partial charge is 0.410 e. The van der Waals surface area contributed by atoms with Crippen molar-refractivity contribution in [3.05, 3.63) is 34.3 Å². The second kappa shape index (κ2) is 6.36. The van der Waals surface area contributed by atoms with Gasteiger partial charge in [-0.05, 0) is 50.9 Å². The van der Waals surface area contributed by atoms with E-state index in [1.165, 1.54) is 5.56 Å². The van der Waals surface area contributed by atoms with Crippen LogP contribution >= 0.6 is 15.9 Å². The molecule has 2 rings (SSSR count). The molecule has 0 spiro atoms. The zero-order valence-electron chi connectivity index (χ0n) is 12.8. The molecule has 1 saturated heterocycles. The van der Waals surface area contributed by atoms with Crippen molar-refractivity contribution in [3.8, 4) is 0 Å². The number of hydrogen-bond acceptors (Lipinski definition) is 3. The van der Waals surface area contributed by atoms with Crippen LogP contribution in [0.2, 0.25) is 0 Å². The van der Waals surface area contributed by atoms with E-state index in [2.05, 4.69) is 28.1 Å². The molecule has 0 saturated carbocycles. The Morgan fingerprint density at radius 2 is 1.95 bits per heavy atom. The number of halogens is 1. The Balaban J connectivity index is 2.10. The second-order valence-corrected chi connectivity index (χ2v) is 7.45. The van der Waals surface area contributed by atoms with Gasteiger partial charge >= 0.3 is 6.09 Å². The lowest BCUT2D eigenvalue weighted by Crippen LogP contribution is -2.35. The van der Waals surface area contributed by atoms with E-state index in [-0.39, 0.29) is 17.9 Å². The van der Waals surface area contributed by atoms with Crippen molar-refractivity contribution in [1.29, 1.82) is 0 Å². The van der Waals surface area contributed by atoms with Crippen molar-refractivity contribution < 1.29 is 9.53 Å². The fraction of sp³-hybridized carbons (Fsp3) is 0.562. The van der Waals surface area contributed by atoms with Crippen molar-refractivity contribution in [2.75, 3.05) is 19.6 Å². The summed E-state index contributed by atoms with van der Waals surface area (Å²) in [6.45, 7) is 7.54. The van der Waals surface area contributed by atoms with E-state index in [0.29, 0.717) is 19.6 Å². The molecule has 1 amide bonds. The molecule has 1 aromatic rings. The summed E-state index contributed by atoms with van der Waals surface area (Å²) in [4.78, 5) is 14.0. The Hall–Kier alpha value is -1.07. The molecule has 1 fully saturated rings. The summed E-state index contributed by atoms with van der Waals surface area (Å²) in [7, 11) is 0. The highest BCUT2D eigenvalue weighted by molar-refractivity contribution is 9.10. The van der Waals surface area contributed by atoms with E-state index in [9.17, 15) is 4.79 Å². The maximum Gasteiger partial charge on any atom is 0.410 e. The standard InChI is InChI=1S/C16H23BrN2O2/c1-16(2,3)21-15(20)19-9-12(8-18)14(10-19)11-4-6-13(17)7-5-11/h4-7,12,14H,8-10,18H2,1-3H3. The number of nitrogens with zero attached hydrogens (tertiary/aromatic N) is 1. The molecule has 5 heteroatoms. The quantitative estimate of drug-likeness (QED) is 0.885. The van der Waals surface area contributed by atoms with Crippen LogP contribution in [-0.4, -0.2) is 36.2 Å². The van der Waals surface area contributed by atoms with E-state index in [1.54, 1.807) is 4.90 Å². The lowest BCUT2D eigenvalue weighted by Gasteiger charge is -2.24. The number of amides is 1. The van der Waals surface area contributed by atoms with Crippen LogP contribution in [0, 0.1) is 5.92 Å². The molecule has 2 N–H and O–H groups in total. The third kappa shape index (κ3) is 4.20. The molecule has 116 valence electrons. The third-order valence-electron chi connectivity index (χ3n) is 3.69. The summed E-state index contributed by atoms with van der Waals surface area (Å²) in [5.41, 5.74) is 6.65. The Kier molecular flexibility index (Phi) is 4.94. The molecule has 2 unspecified atom stereocenters. The fourth-order valence-corrected chi connectivity index (χ4v) is 2.94. The van der Waals surface area contributed by atoms with E-state index >= 15 is 0 Å². The molecule has 0 aromatic heterocycles. The first kappa shape index (κ1) is 16.3. The highest BCUT2D eigenvalue weighted by Crippen LogP contribution is 2.33. The van der Waals surface area contributed by atoms with Gasteiger partial charge < -0.3 is 15.4 Å². The fourth-order valence-electron chi connectivity index (χ4n) is 2.67. The van der Waals surface area contributed by atoms with Crippen LogP contribution in [-0.2, 0) is 4.74 Å². The summed E-state index contributed by atoms with van der Waals surface area (Å²) in [5.74, 6) is 0.550. The van der Waals surface area contributed by atoms with Gasteiger partial charge in [0.2, 0.25) is 0 Å². The molecular weight excluding hydrogens is 332 g/mol. The molecule has 0 radical (unpaired) electrons. The summed E-state index contributed by atoms with van der Waals surface area (Å²) >= 11 is 3.45. The minimum absolute atomic E-state index is 0.249. The zero-order valence-corrected chi connectivity index (χ0v) is 14.4. The molecule has 1 aromatic carbocycles. The molecular formula is C16H23BrN2O2. The average Bonchev–Trinajstić information content (AvgIpc) is 2.82. The zero-order chi connectivity index (χ0) is 15.6. The van der Waals surface area contributed by atoms with Crippen LogP contribution in [0.15, 0.2) is 28.7 Å². The van der Waals surface area contributed by atoms with Gasteiger partial charge in [0.05, 0.1) is 0 Å². The lowest BCUT2D eigenvalue weighted by molar-refractivity contribution is 0.0287. The number of carbonyl (C=O) groups excluding carboxylic acids is 1. The van der Waals surface area contributed by atoms with Gasteiger partial charge in [-0.25, -0.2) is 4.79 Å². The summed E-state index contributed by atoms with van der Waals surface area (Å²) < 4.78 is 6.51. The van der Waals surface area contributed by atoms with Gasteiger partial charge in [-0.1, -0.05) is 28.1 Å². The van der Waals surface area contributed by atoms with Crippen molar-refractivity contribution in [2.45, 2.75) is 32.3 Å². The molecule has 1 heterocycles. The SMILES string of the molecule is CC(C)(C)OC(=O)N1CC(CN)C(c2ccc(Br)cc2)C1. The van der Waals surface area contributed by atoms with Crippen molar-refractivity contribution >= 4 is 22.0 Å². The Bertz CT molecular complexity index is 496. The summed E-state index contributed by atoms with van der Waals surface area (Å²) in [6.07, 6.45) is -0.249. The van der Waals surface area contributed by atoms with Crippen molar-refractivity contribution in [1.82, 2.24) is 4.90 Å². The Labute approximate surface area is 134 Å². The average molecular weight is 355 g/mol. The highest BCUT2D eigenvalue weighted by Gasteiger charge is 2.37. The van der Waals surface area contributed by atoms with Crippen LogP contribution in [0.4, 0.5) is 4.79 Å². The largest absolute Gasteiger partial charge is 0.444 e. The van der Waals surface area contributed by atoms with Gasteiger partial charge in [0.15, 0.2) is 0 Å². The van der Waals surface area contributed by atoms with Crippen LogP contribution in [0.3, 0.4) is 0 Å². The Morgan fingerprint density at radius 1 is 1.33 bits per heavy atom. The van der Waals surface area contributed by atoms with Gasteiger partial charge in [0.1, 0.15) is 5.60 Å². The minimum atomic E-state index is -0.467. The van der Waals surface area contributed by atoms with E-state index in [1.807, 2.05) is 32.9 Å². The monoisotopic (exact) mass is 354 g/mol. The second-order valence-electron chi connectivity index (χ2n) is 6.54.